The summed E-state index contributed by atoms with van der Waals surface area (Å²) in [6.45, 7) is 0.229. The molecule has 0 aliphatic carbocycles. The summed E-state index contributed by atoms with van der Waals surface area (Å²) in [5, 5.41) is 18.9. The van der Waals surface area contributed by atoms with Crippen LogP contribution in [0.3, 0.4) is 0 Å². The zero-order chi connectivity index (χ0) is 10.7. The van der Waals surface area contributed by atoms with E-state index < -0.39 is 11.9 Å². The van der Waals surface area contributed by atoms with E-state index in [4.69, 9.17) is 5.73 Å². The predicted octanol–water partition coefficient (Wildman–Crippen LogP) is 1.68. The number of aliphatic hydroxyl groups excluding tert-OH is 1. The molecule has 1 aromatic carbocycles. The quantitative estimate of drug-likeness (QED) is 0.778. The number of hydrogen-bond acceptors (Lipinski definition) is 3. The average molecular weight is 264 g/mol. The fraction of sp³-hybridized carbons (Fsp3) is 0.333. The number of hydrogen-bond donors (Lipinski definition) is 3. The number of benzene rings is 1. The van der Waals surface area contributed by atoms with Crippen molar-refractivity contribution in [2.75, 3.05) is 6.54 Å². The van der Waals surface area contributed by atoms with Gasteiger partial charge >= 0.3 is 0 Å². The van der Waals surface area contributed by atoms with E-state index in [9.17, 15) is 14.6 Å². The molecule has 0 aromatic heterocycles. The fourth-order valence-corrected chi connectivity index (χ4v) is 1.52. The van der Waals surface area contributed by atoms with Gasteiger partial charge in [-0.15, -0.1) is 0 Å². The Labute approximate surface area is 89.5 Å². The van der Waals surface area contributed by atoms with Crippen LogP contribution in [0.15, 0.2) is 16.6 Å². The second kappa shape index (κ2) is 4.72. The van der Waals surface area contributed by atoms with Gasteiger partial charge in [-0.25, -0.2) is 4.39 Å². The van der Waals surface area contributed by atoms with E-state index in [1.165, 1.54) is 12.1 Å². The third-order valence-corrected chi connectivity index (χ3v) is 2.50. The number of aromatic hydroxyl groups is 1. The van der Waals surface area contributed by atoms with Gasteiger partial charge in [0.2, 0.25) is 0 Å². The number of halogens is 2. The van der Waals surface area contributed by atoms with Crippen LogP contribution in [0.2, 0.25) is 0 Å². The average Bonchev–Trinajstić information content (AvgIpc) is 2.13. The van der Waals surface area contributed by atoms with Crippen LogP contribution in [0.4, 0.5) is 4.39 Å². The molecule has 78 valence electrons. The monoisotopic (exact) mass is 263 g/mol. The summed E-state index contributed by atoms with van der Waals surface area (Å²) in [6, 6.07) is 2.70. The second-order valence-corrected chi connectivity index (χ2v) is 3.74. The van der Waals surface area contributed by atoms with Gasteiger partial charge in [0.1, 0.15) is 11.6 Å². The molecular formula is C9H11BrFNO2. The molecule has 0 saturated carbocycles. The van der Waals surface area contributed by atoms with Gasteiger partial charge in [-0.3, -0.25) is 0 Å². The maximum atomic E-state index is 13.4. The van der Waals surface area contributed by atoms with Crippen molar-refractivity contribution >= 4 is 15.9 Å². The van der Waals surface area contributed by atoms with E-state index in [-0.39, 0.29) is 28.8 Å². The summed E-state index contributed by atoms with van der Waals surface area (Å²) < 4.78 is 13.6. The zero-order valence-corrected chi connectivity index (χ0v) is 8.96. The Morgan fingerprint density at radius 1 is 1.50 bits per heavy atom. The number of phenols is 1. The summed E-state index contributed by atoms with van der Waals surface area (Å²) in [4.78, 5) is 0. The Balaban J connectivity index is 3.11. The Morgan fingerprint density at radius 3 is 2.71 bits per heavy atom. The van der Waals surface area contributed by atoms with Crippen molar-refractivity contribution in [1.82, 2.24) is 0 Å². The molecule has 1 atom stereocenters. The van der Waals surface area contributed by atoms with Crippen molar-refractivity contribution in [2.45, 2.75) is 12.5 Å². The van der Waals surface area contributed by atoms with Gasteiger partial charge in [-0.2, -0.15) is 0 Å². The normalized spacial score (nSPS) is 12.9. The maximum absolute atomic E-state index is 13.4. The smallest absolute Gasteiger partial charge is 0.146 e. The lowest BCUT2D eigenvalue weighted by atomic mass is 10.0. The fourth-order valence-electron chi connectivity index (χ4n) is 1.18. The molecule has 1 unspecified atom stereocenters. The van der Waals surface area contributed by atoms with Crippen LogP contribution in [0, 0.1) is 5.82 Å². The highest BCUT2D eigenvalue weighted by atomic mass is 79.9. The topological polar surface area (TPSA) is 66.5 Å². The summed E-state index contributed by atoms with van der Waals surface area (Å²) in [7, 11) is 0. The Morgan fingerprint density at radius 2 is 2.14 bits per heavy atom. The second-order valence-electron chi connectivity index (χ2n) is 2.89. The first-order valence-electron chi connectivity index (χ1n) is 4.13. The van der Waals surface area contributed by atoms with Crippen LogP contribution in [0.5, 0.6) is 5.75 Å². The molecule has 0 saturated heterocycles. The standard InChI is InChI=1S/C9H11BrFNO2/c10-5-1-2-6(13)8(9(5)11)7(14)3-4-12/h1-2,7,13-14H,3-4,12H2. The van der Waals surface area contributed by atoms with Gasteiger partial charge in [0.25, 0.3) is 0 Å². The first kappa shape index (κ1) is 11.4. The number of aliphatic hydroxyl groups is 1. The Bertz CT molecular complexity index is 333. The third kappa shape index (κ3) is 2.23. The first-order chi connectivity index (χ1) is 6.57. The SMILES string of the molecule is NCCC(O)c1c(O)ccc(Br)c1F. The molecule has 0 amide bonds. The molecule has 0 heterocycles. The number of nitrogens with two attached hydrogens (primary N) is 1. The van der Waals surface area contributed by atoms with E-state index in [2.05, 4.69) is 15.9 Å². The number of rotatable bonds is 3. The minimum absolute atomic E-state index is 0.107. The predicted molar refractivity (Wildman–Crippen MR) is 54.4 cm³/mol. The van der Waals surface area contributed by atoms with E-state index in [1.54, 1.807) is 0 Å². The summed E-state index contributed by atoms with van der Waals surface area (Å²) in [5.41, 5.74) is 5.12. The molecule has 0 fully saturated rings. The molecule has 0 aliphatic heterocycles. The highest BCUT2D eigenvalue weighted by Gasteiger charge is 2.18. The summed E-state index contributed by atoms with van der Waals surface area (Å²) in [5.74, 6) is -0.905. The molecule has 14 heavy (non-hydrogen) atoms. The van der Waals surface area contributed by atoms with Gasteiger partial charge in [-0.05, 0) is 41.0 Å². The largest absolute Gasteiger partial charge is 0.507 e. The van der Waals surface area contributed by atoms with Gasteiger partial charge < -0.3 is 15.9 Å². The molecule has 3 nitrogen and oxygen atoms in total. The van der Waals surface area contributed by atoms with Crippen molar-refractivity contribution in [3.8, 4) is 5.75 Å². The van der Waals surface area contributed by atoms with Crippen LogP contribution < -0.4 is 5.73 Å². The van der Waals surface area contributed by atoms with E-state index in [0.29, 0.717) is 0 Å². The van der Waals surface area contributed by atoms with Gasteiger partial charge in [-0.1, -0.05) is 0 Å². The van der Waals surface area contributed by atoms with Crippen LogP contribution in [0.25, 0.3) is 0 Å². The van der Waals surface area contributed by atoms with Gasteiger partial charge in [0, 0.05) is 0 Å². The summed E-state index contributed by atoms with van der Waals surface area (Å²) >= 11 is 2.97. The van der Waals surface area contributed by atoms with Crippen LogP contribution in [-0.2, 0) is 0 Å². The van der Waals surface area contributed by atoms with Crippen molar-refractivity contribution in [3.63, 3.8) is 0 Å². The Kier molecular flexibility index (Phi) is 3.86. The molecule has 0 aliphatic rings. The molecule has 5 heteroatoms. The lowest BCUT2D eigenvalue weighted by Gasteiger charge is -2.13. The minimum Gasteiger partial charge on any atom is -0.507 e. The third-order valence-electron chi connectivity index (χ3n) is 1.88. The zero-order valence-electron chi connectivity index (χ0n) is 7.37. The van der Waals surface area contributed by atoms with Crippen LogP contribution in [0.1, 0.15) is 18.1 Å². The highest BCUT2D eigenvalue weighted by Crippen LogP contribution is 2.32. The molecule has 1 aromatic rings. The Hall–Kier alpha value is -0.650. The highest BCUT2D eigenvalue weighted by molar-refractivity contribution is 9.10. The first-order valence-corrected chi connectivity index (χ1v) is 4.92. The molecule has 0 radical (unpaired) electrons. The van der Waals surface area contributed by atoms with E-state index >= 15 is 0 Å². The van der Waals surface area contributed by atoms with Crippen LogP contribution >= 0.6 is 15.9 Å². The molecular weight excluding hydrogens is 253 g/mol. The lowest BCUT2D eigenvalue weighted by molar-refractivity contribution is 0.161. The van der Waals surface area contributed by atoms with Crippen molar-refractivity contribution in [1.29, 1.82) is 0 Å². The van der Waals surface area contributed by atoms with Gasteiger partial charge in [0.05, 0.1) is 16.1 Å². The van der Waals surface area contributed by atoms with E-state index in [1.807, 2.05) is 0 Å². The van der Waals surface area contributed by atoms with E-state index in [0.717, 1.165) is 0 Å². The summed E-state index contributed by atoms with van der Waals surface area (Å²) in [6.07, 6.45) is -0.862. The molecule has 0 spiro atoms. The molecule has 0 bridgehead atoms. The maximum Gasteiger partial charge on any atom is 0.146 e. The number of phenolic OH excluding ortho intramolecular Hbond substituents is 1. The lowest BCUT2D eigenvalue weighted by Crippen LogP contribution is -2.08. The van der Waals surface area contributed by atoms with Crippen molar-refractivity contribution in [3.05, 3.63) is 28.0 Å². The van der Waals surface area contributed by atoms with Gasteiger partial charge in [0.15, 0.2) is 0 Å². The molecule has 4 N–H and O–H groups in total. The molecule has 1 rings (SSSR count). The van der Waals surface area contributed by atoms with Crippen molar-refractivity contribution in [2.24, 2.45) is 5.73 Å². The van der Waals surface area contributed by atoms with Crippen molar-refractivity contribution < 1.29 is 14.6 Å². The minimum atomic E-state index is -1.07. The van der Waals surface area contributed by atoms with Crippen LogP contribution in [-0.4, -0.2) is 16.8 Å².